The number of ether oxygens (including phenoxy) is 2. The molecule has 1 unspecified atom stereocenters. The number of hydrogen-bond donors (Lipinski definition) is 1. The third kappa shape index (κ3) is 2.98. The molecule has 1 aliphatic rings. The Morgan fingerprint density at radius 2 is 1.74 bits per heavy atom. The van der Waals surface area contributed by atoms with Crippen LogP contribution in [0.1, 0.15) is 37.3 Å². The molecule has 19 heavy (non-hydrogen) atoms. The number of hydrogen-bond acceptors (Lipinski definition) is 3. The van der Waals surface area contributed by atoms with Gasteiger partial charge in [-0.3, -0.25) is 0 Å². The van der Waals surface area contributed by atoms with E-state index in [1.165, 1.54) is 25.7 Å². The van der Waals surface area contributed by atoms with Gasteiger partial charge >= 0.3 is 0 Å². The molecule has 0 spiro atoms. The molecule has 0 aromatic heterocycles. The van der Waals surface area contributed by atoms with E-state index in [4.69, 9.17) is 21.1 Å². The molecular weight excluding hydrogens is 262 g/mol. The van der Waals surface area contributed by atoms with Crippen molar-refractivity contribution in [2.75, 3.05) is 21.3 Å². The Morgan fingerprint density at radius 3 is 2.26 bits per heavy atom. The molecule has 0 amide bonds. The van der Waals surface area contributed by atoms with E-state index >= 15 is 0 Å². The van der Waals surface area contributed by atoms with Crippen LogP contribution in [0.2, 0.25) is 5.02 Å². The number of nitrogens with one attached hydrogen (secondary N) is 1. The van der Waals surface area contributed by atoms with Crippen LogP contribution in [0.5, 0.6) is 11.5 Å². The lowest BCUT2D eigenvalue weighted by molar-refractivity contribution is 0.350. The monoisotopic (exact) mass is 283 g/mol. The van der Waals surface area contributed by atoms with E-state index in [1.807, 2.05) is 19.2 Å². The molecule has 1 aromatic carbocycles. The normalized spacial score (nSPS) is 17.5. The summed E-state index contributed by atoms with van der Waals surface area (Å²) >= 11 is 6.41. The van der Waals surface area contributed by atoms with Gasteiger partial charge in [0, 0.05) is 17.1 Å². The van der Waals surface area contributed by atoms with Crippen molar-refractivity contribution < 1.29 is 9.47 Å². The van der Waals surface area contributed by atoms with Crippen LogP contribution in [-0.2, 0) is 0 Å². The predicted octanol–water partition coefficient (Wildman–Crippen LogP) is 3.81. The first-order valence-electron chi connectivity index (χ1n) is 6.80. The van der Waals surface area contributed by atoms with Crippen LogP contribution in [-0.4, -0.2) is 21.3 Å². The standard InChI is InChI=1S/C15H22ClNO2/c1-17-15(10-6-4-5-7-10)11-8-13(18-2)14(19-3)9-12(11)16/h8-10,15,17H,4-7H2,1-3H3. The van der Waals surface area contributed by atoms with E-state index in [2.05, 4.69) is 5.32 Å². The molecule has 1 aromatic rings. The lowest BCUT2D eigenvalue weighted by atomic mass is 9.91. The largest absolute Gasteiger partial charge is 0.493 e. The Bertz CT molecular complexity index is 430. The van der Waals surface area contributed by atoms with E-state index in [9.17, 15) is 0 Å². The number of halogens is 1. The lowest BCUT2D eigenvalue weighted by Gasteiger charge is -2.25. The first-order valence-corrected chi connectivity index (χ1v) is 7.17. The minimum atomic E-state index is 0.287. The maximum atomic E-state index is 6.41. The van der Waals surface area contributed by atoms with Gasteiger partial charge in [-0.2, -0.15) is 0 Å². The first kappa shape index (κ1) is 14.5. The highest BCUT2D eigenvalue weighted by molar-refractivity contribution is 6.31. The van der Waals surface area contributed by atoms with E-state index < -0.39 is 0 Å². The van der Waals surface area contributed by atoms with Gasteiger partial charge in [-0.1, -0.05) is 24.4 Å². The molecule has 0 radical (unpaired) electrons. The quantitative estimate of drug-likeness (QED) is 0.891. The second-order valence-electron chi connectivity index (χ2n) is 5.04. The summed E-state index contributed by atoms with van der Waals surface area (Å²) in [6.45, 7) is 0. The second-order valence-corrected chi connectivity index (χ2v) is 5.45. The molecule has 0 heterocycles. The number of methoxy groups -OCH3 is 2. The molecule has 4 heteroatoms. The van der Waals surface area contributed by atoms with Gasteiger partial charge in [-0.15, -0.1) is 0 Å². The molecule has 106 valence electrons. The minimum Gasteiger partial charge on any atom is -0.493 e. The summed E-state index contributed by atoms with van der Waals surface area (Å²) in [4.78, 5) is 0. The van der Waals surface area contributed by atoms with Crippen LogP contribution in [0.25, 0.3) is 0 Å². The Balaban J connectivity index is 2.36. The lowest BCUT2D eigenvalue weighted by Crippen LogP contribution is -2.24. The van der Waals surface area contributed by atoms with Gasteiger partial charge in [-0.25, -0.2) is 0 Å². The summed E-state index contributed by atoms with van der Waals surface area (Å²) in [7, 11) is 5.27. The summed E-state index contributed by atoms with van der Waals surface area (Å²) in [5.41, 5.74) is 1.11. The molecular formula is C15H22ClNO2. The SMILES string of the molecule is CNC(c1cc(OC)c(OC)cc1Cl)C1CCCC1. The van der Waals surface area contributed by atoms with Crippen LogP contribution < -0.4 is 14.8 Å². The van der Waals surface area contributed by atoms with E-state index in [-0.39, 0.29) is 6.04 Å². The van der Waals surface area contributed by atoms with Crippen molar-refractivity contribution in [3.05, 3.63) is 22.7 Å². The van der Waals surface area contributed by atoms with Gasteiger partial charge in [0.25, 0.3) is 0 Å². The average molecular weight is 284 g/mol. The van der Waals surface area contributed by atoms with Gasteiger partial charge in [-0.05, 0) is 37.4 Å². The predicted molar refractivity (Wildman–Crippen MR) is 78.3 cm³/mol. The minimum absolute atomic E-state index is 0.287. The van der Waals surface area contributed by atoms with Gasteiger partial charge in [0.15, 0.2) is 11.5 Å². The van der Waals surface area contributed by atoms with Crippen molar-refractivity contribution in [3.63, 3.8) is 0 Å². The van der Waals surface area contributed by atoms with Crippen LogP contribution >= 0.6 is 11.6 Å². The fourth-order valence-electron chi connectivity index (χ4n) is 3.04. The molecule has 1 atom stereocenters. The first-order chi connectivity index (χ1) is 9.21. The van der Waals surface area contributed by atoms with Crippen molar-refractivity contribution in [2.45, 2.75) is 31.7 Å². The molecule has 3 nitrogen and oxygen atoms in total. The number of benzene rings is 1. The summed E-state index contributed by atoms with van der Waals surface area (Å²) in [6.07, 6.45) is 5.15. The molecule has 0 bridgehead atoms. The summed E-state index contributed by atoms with van der Waals surface area (Å²) in [5.74, 6) is 2.07. The average Bonchev–Trinajstić information content (AvgIpc) is 2.94. The Kier molecular flexibility index (Phi) is 4.94. The zero-order valence-electron chi connectivity index (χ0n) is 11.8. The fourth-order valence-corrected chi connectivity index (χ4v) is 3.32. The Morgan fingerprint density at radius 1 is 1.16 bits per heavy atom. The smallest absolute Gasteiger partial charge is 0.162 e. The summed E-state index contributed by atoms with van der Waals surface area (Å²) < 4.78 is 10.7. The van der Waals surface area contributed by atoms with Crippen molar-refractivity contribution >= 4 is 11.6 Å². The maximum absolute atomic E-state index is 6.41. The maximum Gasteiger partial charge on any atom is 0.162 e. The third-order valence-corrected chi connectivity index (χ3v) is 4.35. The van der Waals surface area contributed by atoms with Gasteiger partial charge in [0.1, 0.15) is 0 Å². The third-order valence-electron chi connectivity index (χ3n) is 4.02. The zero-order chi connectivity index (χ0) is 13.8. The highest BCUT2D eigenvalue weighted by atomic mass is 35.5. The van der Waals surface area contributed by atoms with Gasteiger partial charge in [0.2, 0.25) is 0 Å². The topological polar surface area (TPSA) is 30.5 Å². The van der Waals surface area contributed by atoms with Gasteiger partial charge < -0.3 is 14.8 Å². The van der Waals surface area contributed by atoms with Crippen LogP contribution in [0.4, 0.5) is 0 Å². The molecule has 1 N–H and O–H groups in total. The van der Waals surface area contributed by atoms with Gasteiger partial charge in [0.05, 0.1) is 14.2 Å². The van der Waals surface area contributed by atoms with Crippen LogP contribution in [0.3, 0.4) is 0 Å². The fraction of sp³-hybridized carbons (Fsp3) is 0.600. The molecule has 0 aliphatic heterocycles. The van der Waals surface area contributed by atoms with Crippen molar-refractivity contribution in [2.24, 2.45) is 5.92 Å². The van der Waals surface area contributed by atoms with Crippen molar-refractivity contribution in [3.8, 4) is 11.5 Å². The molecule has 1 aliphatic carbocycles. The van der Waals surface area contributed by atoms with E-state index in [1.54, 1.807) is 14.2 Å². The molecule has 1 saturated carbocycles. The second kappa shape index (κ2) is 6.49. The summed E-state index contributed by atoms with van der Waals surface area (Å²) in [6, 6.07) is 4.13. The van der Waals surface area contributed by atoms with E-state index in [0.29, 0.717) is 11.7 Å². The molecule has 1 fully saturated rings. The highest BCUT2D eigenvalue weighted by Crippen LogP contribution is 2.41. The highest BCUT2D eigenvalue weighted by Gasteiger charge is 2.27. The van der Waals surface area contributed by atoms with Crippen molar-refractivity contribution in [1.29, 1.82) is 0 Å². The van der Waals surface area contributed by atoms with Crippen molar-refractivity contribution in [1.82, 2.24) is 5.32 Å². The van der Waals surface area contributed by atoms with Crippen LogP contribution in [0, 0.1) is 5.92 Å². The Labute approximate surface area is 120 Å². The Hall–Kier alpha value is -0.930. The number of rotatable bonds is 5. The van der Waals surface area contributed by atoms with E-state index in [0.717, 1.165) is 16.3 Å². The van der Waals surface area contributed by atoms with Crippen LogP contribution in [0.15, 0.2) is 12.1 Å². The molecule has 0 saturated heterocycles. The zero-order valence-corrected chi connectivity index (χ0v) is 12.6. The summed E-state index contributed by atoms with van der Waals surface area (Å²) in [5, 5.41) is 4.15. The molecule has 2 rings (SSSR count).